The number of amides is 1. The normalized spacial score (nSPS) is 16.9. The molecule has 0 spiro atoms. The second-order valence-corrected chi connectivity index (χ2v) is 6.04. The molecule has 0 atom stereocenters. The van der Waals surface area contributed by atoms with Gasteiger partial charge >= 0.3 is 0 Å². The lowest BCUT2D eigenvalue weighted by Gasteiger charge is -2.29. The van der Waals surface area contributed by atoms with Crippen molar-refractivity contribution in [3.8, 4) is 0 Å². The van der Waals surface area contributed by atoms with Crippen molar-refractivity contribution in [2.75, 3.05) is 25.0 Å². The van der Waals surface area contributed by atoms with E-state index in [1.807, 2.05) is 18.2 Å². The van der Waals surface area contributed by atoms with Crippen molar-refractivity contribution in [1.29, 1.82) is 0 Å². The van der Waals surface area contributed by atoms with E-state index in [0.717, 1.165) is 43.5 Å². The second kappa shape index (κ2) is 7.36. The molecule has 0 saturated carbocycles. The molecule has 1 aromatic rings. The molecular formula is C17H24N2O2. The van der Waals surface area contributed by atoms with Crippen LogP contribution in [0.5, 0.6) is 0 Å². The van der Waals surface area contributed by atoms with Gasteiger partial charge in [-0.25, -0.2) is 0 Å². The van der Waals surface area contributed by atoms with E-state index in [1.54, 1.807) is 0 Å². The SMILES string of the molecule is CC(C)c1ccccc1NC(=O)CN1CCC(C=O)CC1. The average Bonchev–Trinajstić information content (AvgIpc) is 2.48. The first-order valence-corrected chi connectivity index (χ1v) is 7.66. The molecule has 1 saturated heterocycles. The number of hydrogen-bond acceptors (Lipinski definition) is 3. The number of para-hydroxylation sites is 1. The lowest BCUT2D eigenvalue weighted by atomic mass is 9.98. The fourth-order valence-corrected chi connectivity index (χ4v) is 2.75. The Morgan fingerprint density at radius 2 is 2.00 bits per heavy atom. The van der Waals surface area contributed by atoms with Crippen LogP contribution in [0, 0.1) is 5.92 Å². The third-order valence-corrected chi connectivity index (χ3v) is 4.05. The molecule has 1 aliphatic heterocycles. The summed E-state index contributed by atoms with van der Waals surface area (Å²) < 4.78 is 0. The number of benzene rings is 1. The van der Waals surface area contributed by atoms with Crippen LogP contribution >= 0.6 is 0 Å². The van der Waals surface area contributed by atoms with Crippen LogP contribution in [-0.4, -0.2) is 36.7 Å². The summed E-state index contributed by atoms with van der Waals surface area (Å²) in [6.07, 6.45) is 2.76. The van der Waals surface area contributed by atoms with Crippen LogP contribution in [0.1, 0.15) is 38.2 Å². The van der Waals surface area contributed by atoms with Crippen molar-refractivity contribution in [2.24, 2.45) is 5.92 Å². The predicted molar refractivity (Wildman–Crippen MR) is 84.4 cm³/mol. The van der Waals surface area contributed by atoms with Crippen LogP contribution in [0.2, 0.25) is 0 Å². The number of aldehydes is 1. The minimum absolute atomic E-state index is 0.0210. The minimum Gasteiger partial charge on any atom is -0.325 e. The van der Waals surface area contributed by atoms with Crippen LogP contribution in [0.3, 0.4) is 0 Å². The van der Waals surface area contributed by atoms with Gasteiger partial charge in [0.05, 0.1) is 6.54 Å². The van der Waals surface area contributed by atoms with Crippen molar-refractivity contribution < 1.29 is 9.59 Å². The summed E-state index contributed by atoms with van der Waals surface area (Å²) in [5, 5.41) is 3.01. The maximum Gasteiger partial charge on any atom is 0.238 e. The van der Waals surface area contributed by atoms with Crippen molar-refractivity contribution >= 4 is 17.9 Å². The smallest absolute Gasteiger partial charge is 0.238 e. The molecule has 2 rings (SSSR count). The summed E-state index contributed by atoms with van der Waals surface area (Å²) in [6, 6.07) is 7.94. The van der Waals surface area contributed by atoms with Gasteiger partial charge in [0.2, 0.25) is 5.91 Å². The molecule has 0 bridgehead atoms. The highest BCUT2D eigenvalue weighted by atomic mass is 16.2. The number of nitrogens with one attached hydrogen (secondary N) is 1. The molecule has 1 heterocycles. The predicted octanol–water partition coefficient (Wildman–Crippen LogP) is 2.66. The summed E-state index contributed by atoms with van der Waals surface area (Å²) >= 11 is 0. The topological polar surface area (TPSA) is 49.4 Å². The quantitative estimate of drug-likeness (QED) is 0.847. The van der Waals surface area contributed by atoms with Gasteiger partial charge < -0.3 is 10.1 Å². The Balaban J connectivity index is 1.89. The van der Waals surface area contributed by atoms with E-state index in [-0.39, 0.29) is 11.8 Å². The van der Waals surface area contributed by atoms with Gasteiger partial charge in [-0.3, -0.25) is 9.69 Å². The number of rotatable bonds is 5. The van der Waals surface area contributed by atoms with E-state index >= 15 is 0 Å². The van der Waals surface area contributed by atoms with Crippen LogP contribution < -0.4 is 5.32 Å². The zero-order valence-corrected chi connectivity index (χ0v) is 12.8. The number of carbonyl (C=O) groups is 2. The van der Waals surface area contributed by atoms with Gasteiger partial charge in [0.1, 0.15) is 6.29 Å². The maximum atomic E-state index is 12.2. The van der Waals surface area contributed by atoms with Crippen molar-refractivity contribution in [2.45, 2.75) is 32.6 Å². The standard InChI is InChI=1S/C17H24N2O2/c1-13(2)15-5-3-4-6-16(15)18-17(21)11-19-9-7-14(12-20)8-10-19/h3-6,12-14H,7-11H2,1-2H3,(H,18,21). The monoisotopic (exact) mass is 288 g/mol. The molecule has 1 aromatic carbocycles. The molecule has 1 aliphatic rings. The zero-order valence-electron chi connectivity index (χ0n) is 12.8. The lowest BCUT2D eigenvalue weighted by molar-refractivity contribution is -0.117. The minimum atomic E-state index is 0.0210. The van der Waals surface area contributed by atoms with Crippen LogP contribution in [0.15, 0.2) is 24.3 Å². The van der Waals surface area contributed by atoms with E-state index < -0.39 is 0 Å². The molecule has 1 N–H and O–H groups in total. The van der Waals surface area contributed by atoms with Gasteiger partial charge in [0.15, 0.2) is 0 Å². The van der Waals surface area contributed by atoms with Gasteiger partial charge in [0, 0.05) is 11.6 Å². The van der Waals surface area contributed by atoms with E-state index in [4.69, 9.17) is 0 Å². The van der Waals surface area contributed by atoms with Crippen LogP contribution in [0.25, 0.3) is 0 Å². The average molecular weight is 288 g/mol. The summed E-state index contributed by atoms with van der Waals surface area (Å²) in [7, 11) is 0. The molecule has 1 fully saturated rings. The van der Waals surface area contributed by atoms with Crippen molar-refractivity contribution in [3.63, 3.8) is 0 Å². The van der Waals surface area contributed by atoms with E-state index in [1.165, 1.54) is 0 Å². The van der Waals surface area contributed by atoms with Crippen molar-refractivity contribution in [1.82, 2.24) is 4.90 Å². The first-order chi connectivity index (χ1) is 10.1. The first-order valence-electron chi connectivity index (χ1n) is 7.66. The highest BCUT2D eigenvalue weighted by Gasteiger charge is 2.20. The maximum absolute atomic E-state index is 12.2. The lowest BCUT2D eigenvalue weighted by Crippen LogP contribution is -2.39. The Bertz CT molecular complexity index is 491. The molecule has 0 aliphatic carbocycles. The Morgan fingerprint density at radius 1 is 1.33 bits per heavy atom. The van der Waals surface area contributed by atoms with Gasteiger partial charge in [0.25, 0.3) is 0 Å². The van der Waals surface area contributed by atoms with E-state index in [9.17, 15) is 9.59 Å². The summed E-state index contributed by atoms with van der Waals surface area (Å²) in [5.41, 5.74) is 2.06. The molecule has 21 heavy (non-hydrogen) atoms. The molecule has 4 nitrogen and oxygen atoms in total. The Morgan fingerprint density at radius 3 is 2.62 bits per heavy atom. The molecule has 0 unspecified atom stereocenters. The van der Waals surface area contributed by atoms with Gasteiger partial charge in [-0.1, -0.05) is 32.0 Å². The molecular weight excluding hydrogens is 264 g/mol. The highest BCUT2D eigenvalue weighted by molar-refractivity contribution is 5.93. The number of carbonyl (C=O) groups excluding carboxylic acids is 2. The van der Waals surface area contributed by atoms with Gasteiger partial charge in [-0.05, 0) is 43.5 Å². The summed E-state index contributed by atoms with van der Waals surface area (Å²) in [6.45, 7) is 6.29. The van der Waals surface area contributed by atoms with Crippen LogP contribution in [-0.2, 0) is 9.59 Å². The second-order valence-electron chi connectivity index (χ2n) is 6.04. The number of hydrogen-bond donors (Lipinski definition) is 1. The fourth-order valence-electron chi connectivity index (χ4n) is 2.75. The number of anilines is 1. The van der Waals surface area contributed by atoms with Crippen molar-refractivity contribution in [3.05, 3.63) is 29.8 Å². The molecule has 4 heteroatoms. The molecule has 0 radical (unpaired) electrons. The van der Waals surface area contributed by atoms with E-state index in [2.05, 4.69) is 30.1 Å². The Hall–Kier alpha value is -1.68. The molecule has 0 aromatic heterocycles. The Kier molecular flexibility index (Phi) is 5.51. The summed E-state index contributed by atoms with van der Waals surface area (Å²) in [5.74, 6) is 0.573. The fraction of sp³-hybridized carbons (Fsp3) is 0.529. The first kappa shape index (κ1) is 15.7. The number of nitrogens with zero attached hydrogens (tertiary/aromatic N) is 1. The summed E-state index contributed by atoms with van der Waals surface area (Å²) in [4.78, 5) is 25.0. The third kappa shape index (κ3) is 4.39. The third-order valence-electron chi connectivity index (χ3n) is 4.05. The largest absolute Gasteiger partial charge is 0.325 e. The molecule has 114 valence electrons. The van der Waals surface area contributed by atoms with Crippen LogP contribution in [0.4, 0.5) is 5.69 Å². The van der Waals surface area contributed by atoms with Gasteiger partial charge in [-0.15, -0.1) is 0 Å². The number of piperidine rings is 1. The zero-order chi connectivity index (χ0) is 15.2. The van der Waals surface area contributed by atoms with E-state index in [0.29, 0.717) is 12.5 Å². The number of likely N-dealkylation sites (tertiary alicyclic amines) is 1. The van der Waals surface area contributed by atoms with Gasteiger partial charge in [-0.2, -0.15) is 0 Å². The highest BCUT2D eigenvalue weighted by Crippen LogP contribution is 2.23. The Labute approximate surface area is 126 Å². The molecule has 1 amide bonds.